The molecule has 3 heterocycles. The lowest BCUT2D eigenvalue weighted by molar-refractivity contribution is -0.139. The Bertz CT molecular complexity index is 1950. The summed E-state index contributed by atoms with van der Waals surface area (Å²) in [4.78, 5) is 44.1. The van der Waals surface area contributed by atoms with Crippen molar-refractivity contribution in [2.24, 2.45) is 4.99 Å². The molecule has 1 aliphatic heterocycles. The molecule has 1 atom stereocenters. The number of carbonyl (C=O) groups is 2. The molecule has 2 aromatic carbocycles. The van der Waals surface area contributed by atoms with E-state index in [4.69, 9.17) is 18.9 Å². The highest BCUT2D eigenvalue weighted by molar-refractivity contribution is 9.10. The van der Waals surface area contributed by atoms with E-state index >= 15 is 0 Å². The van der Waals surface area contributed by atoms with Gasteiger partial charge in [-0.05, 0) is 83.7 Å². The topological polar surface area (TPSA) is 120 Å². The molecule has 0 saturated heterocycles. The number of ether oxygens (including phenoxy) is 2. The standard InChI is InChI=1S/C32H29BrN2O7S/c1-5-7-23-27(31(39)41-6-2)28(18-10-12-25(40-4)22(33)15-18)35-29(36)26(43-32(35)34-23)16-20-11-13-24(42-20)21-14-19(30(37)38)9-8-17(21)3/h8-16,28H,5-7H2,1-4H3,(H,37,38)/b26-16-/t28-/m1/s1. The first-order chi connectivity index (χ1) is 20.7. The fraction of sp³-hybridized carbons (Fsp3) is 0.250. The van der Waals surface area contributed by atoms with Gasteiger partial charge >= 0.3 is 11.9 Å². The van der Waals surface area contributed by atoms with Gasteiger partial charge in [0, 0.05) is 11.6 Å². The number of rotatable bonds is 9. The molecular formula is C32H29BrN2O7S. The van der Waals surface area contributed by atoms with Crippen LogP contribution in [0.5, 0.6) is 5.75 Å². The number of halogens is 1. The van der Waals surface area contributed by atoms with Gasteiger partial charge in [-0.3, -0.25) is 9.36 Å². The van der Waals surface area contributed by atoms with Crippen LogP contribution in [0.25, 0.3) is 17.4 Å². The van der Waals surface area contributed by atoms with Gasteiger partial charge in [0.25, 0.3) is 5.56 Å². The molecule has 0 unspecified atom stereocenters. The third-order valence-electron chi connectivity index (χ3n) is 7.03. The largest absolute Gasteiger partial charge is 0.496 e. The number of esters is 1. The Morgan fingerprint density at radius 3 is 2.63 bits per heavy atom. The van der Waals surface area contributed by atoms with Crippen LogP contribution in [-0.4, -0.2) is 35.3 Å². The number of aromatic nitrogens is 1. The maximum absolute atomic E-state index is 14.0. The molecule has 0 fully saturated rings. The monoisotopic (exact) mass is 664 g/mol. The zero-order valence-corrected chi connectivity index (χ0v) is 26.4. The van der Waals surface area contributed by atoms with Crippen LogP contribution in [0.4, 0.5) is 0 Å². The maximum atomic E-state index is 14.0. The van der Waals surface area contributed by atoms with E-state index in [0.29, 0.717) is 59.9 Å². The molecule has 0 bridgehead atoms. The molecule has 2 aromatic heterocycles. The lowest BCUT2D eigenvalue weighted by Gasteiger charge is -2.26. The first kappa shape index (κ1) is 30.2. The quantitative estimate of drug-likeness (QED) is 0.231. The van der Waals surface area contributed by atoms with Crippen molar-refractivity contribution in [1.82, 2.24) is 4.57 Å². The molecular weight excluding hydrogens is 636 g/mol. The molecule has 0 aliphatic carbocycles. The van der Waals surface area contributed by atoms with E-state index in [2.05, 4.69) is 15.9 Å². The average Bonchev–Trinajstić information content (AvgIpc) is 3.56. The summed E-state index contributed by atoms with van der Waals surface area (Å²) in [7, 11) is 1.57. The third-order valence-corrected chi connectivity index (χ3v) is 8.64. The number of benzene rings is 2. The highest BCUT2D eigenvalue weighted by Crippen LogP contribution is 2.36. The van der Waals surface area contributed by atoms with Crippen LogP contribution >= 0.6 is 27.3 Å². The highest BCUT2D eigenvalue weighted by Gasteiger charge is 2.34. The van der Waals surface area contributed by atoms with Crippen molar-refractivity contribution in [2.75, 3.05) is 13.7 Å². The van der Waals surface area contributed by atoms with E-state index in [0.717, 1.165) is 12.0 Å². The SMILES string of the molecule is CCCC1=C(C(=O)OCC)[C@@H](c2ccc(OC)c(Br)c2)n2c(s/c(=C\c3ccc(-c4cc(C(=O)O)ccc4C)o3)c2=O)=N1. The molecule has 4 aromatic rings. The second-order valence-electron chi connectivity index (χ2n) is 9.84. The number of hydrogen-bond acceptors (Lipinski definition) is 8. The first-order valence-corrected chi connectivity index (χ1v) is 15.3. The van der Waals surface area contributed by atoms with E-state index < -0.39 is 18.0 Å². The van der Waals surface area contributed by atoms with Crippen molar-refractivity contribution in [1.29, 1.82) is 0 Å². The van der Waals surface area contributed by atoms with Crippen LogP contribution < -0.4 is 19.6 Å². The number of fused-ring (bicyclic) bond motifs is 1. The first-order valence-electron chi connectivity index (χ1n) is 13.7. The van der Waals surface area contributed by atoms with Crippen LogP contribution in [-0.2, 0) is 9.53 Å². The molecule has 0 amide bonds. The molecule has 1 aliphatic rings. The van der Waals surface area contributed by atoms with Crippen molar-refractivity contribution in [2.45, 2.75) is 39.7 Å². The molecule has 0 saturated carbocycles. The zero-order chi connectivity index (χ0) is 30.8. The minimum Gasteiger partial charge on any atom is -0.496 e. The van der Waals surface area contributed by atoms with E-state index in [1.165, 1.54) is 15.9 Å². The van der Waals surface area contributed by atoms with Crippen LogP contribution in [0.1, 0.15) is 60.0 Å². The summed E-state index contributed by atoms with van der Waals surface area (Å²) in [6.07, 6.45) is 2.91. The Labute approximate surface area is 259 Å². The van der Waals surface area contributed by atoms with Gasteiger partial charge in [-0.2, -0.15) is 0 Å². The Morgan fingerprint density at radius 1 is 1.16 bits per heavy atom. The van der Waals surface area contributed by atoms with Crippen LogP contribution in [0.2, 0.25) is 0 Å². The molecule has 1 N–H and O–H groups in total. The van der Waals surface area contributed by atoms with E-state index in [1.54, 1.807) is 56.5 Å². The second-order valence-corrected chi connectivity index (χ2v) is 11.7. The smallest absolute Gasteiger partial charge is 0.338 e. The number of nitrogens with zero attached hydrogens (tertiary/aromatic N) is 2. The van der Waals surface area contributed by atoms with Crippen molar-refractivity contribution in [3.8, 4) is 17.1 Å². The number of thiazole rings is 1. The van der Waals surface area contributed by atoms with Gasteiger partial charge in [-0.25, -0.2) is 14.6 Å². The van der Waals surface area contributed by atoms with Gasteiger partial charge < -0.3 is 19.0 Å². The summed E-state index contributed by atoms with van der Waals surface area (Å²) in [6.45, 7) is 5.79. The Balaban J connectivity index is 1.67. The van der Waals surface area contributed by atoms with Crippen molar-refractivity contribution in [3.05, 3.63) is 106 Å². The van der Waals surface area contributed by atoms with E-state index in [9.17, 15) is 19.5 Å². The predicted octanol–water partition coefficient (Wildman–Crippen LogP) is 5.62. The number of methoxy groups -OCH3 is 1. The molecule has 222 valence electrons. The fourth-order valence-electron chi connectivity index (χ4n) is 5.01. The summed E-state index contributed by atoms with van der Waals surface area (Å²) in [5, 5.41) is 9.42. The Morgan fingerprint density at radius 2 is 1.95 bits per heavy atom. The predicted molar refractivity (Wildman–Crippen MR) is 166 cm³/mol. The van der Waals surface area contributed by atoms with Gasteiger partial charge in [0.2, 0.25) is 0 Å². The summed E-state index contributed by atoms with van der Waals surface area (Å²) in [5.74, 6) is -0.0323. The highest BCUT2D eigenvalue weighted by atomic mass is 79.9. The lowest BCUT2D eigenvalue weighted by atomic mass is 9.94. The molecule has 0 spiro atoms. The normalized spacial score (nSPS) is 14.8. The number of aryl methyl sites for hydroxylation is 1. The Hall–Kier alpha value is -4.22. The average molecular weight is 666 g/mol. The van der Waals surface area contributed by atoms with Gasteiger partial charge in [-0.1, -0.05) is 36.8 Å². The van der Waals surface area contributed by atoms with Crippen molar-refractivity contribution >= 4 is 45.3 Å². The number of carboxylic acid groups (broad SMARTS) is 1. The number of aromatic carboxylic acids is 1. The number of allylic oxidation sites excluding steroid dienone is 1. The fourth-order valence-corrected chi connectivity index (χ4v) is 6.57. The van der Waals surface area contributed by atoms with Crippen LogP contribution in [0.3, 0.4) is 0 Å². The maximum Gasteiger partial charge on any atom is 0.338 e. The number of carbonyl (C=O) groups excluding carboxylic acids is 1. The summed E-state index contributed by atoms with van der Waals surface area (Å²) >= 11 is 4.74. The van der Waals surface area contributed by atoms with Gasteiger partial charge in [0.15, 0.2) is 4.80 Å². The third kappa shape index (κ3) is 5.87. The number of furan rings is 1. The lowest BCUT2D eigenvalue weighted by Crippen LogP contribution is -2.40. The minimum absolute atomic E-state index is 0.150. The molecule has 43 heavy (non-hydrogen) atoms. The summed E-state index contributed by atoms with van der Waals surface area (Å²) < 4.78 is 19.5. The zero-order valence-electron chi connectivity index (χ0n) is 24.0. The van der Waals surface area contributed by atoms with Crippen LogP contribution in [0, 0.1) is 6.92 Å². The second kappa shape index (κ2) is 12.6. The molecule has 5 rings (SSSR count). The molecule has 11 heteroatoms. The van der Waals surface area contributed by atoms with E-state index in [1.807, 2.05) is 26.0 Å². The van der Waals surface area contributed by atoms with Crippen molar-refractivity contribution < 1.29 is 28.6 Å². The van der Waals surface area contributed by atoms with Gasteiger partial charge in [0.1, 0.15) is 17.3 Å². The van der Waals surface area contributed by atoms with Crippen LogP contribution in [0.15, 0.2) is 78.5 Å². The van der Waals surface area contributed by atoms with Gasteiger partial charge in [-0.15, -0.1) is 0 Å². The number of carboxylic acids is 1. The van der Waals surface area contributed by atoms with Gasteiger partial charge in [0.05, 0.1) is 45.6 Å². The molecule has 0 radical (unpaired) electrons. The summed E-state index contributed by atoms with van der Waals surface area (Å²) in [5.41, 5.74) is 2.92. The summed E-state index contributed by atoms with van der Waals surface area (Å²) in [6, 6.07) is 13.0. The Kier molecular flexibility index (Phi) is 8.84. The molecule has 9 nitrogen and oxygen atoms in total. The van der Waals surface area contributed by atoms with Crippen molar-refractivity contribution in [3.63, 3.8) is 0 Å². The van der Waals surface area contributed by atoms with E-state index in [-0.39, 0.29) is 17.7 Å². The number of hydrogen-bond donors (Lipinski definition) is 1. The minimum atomic E-state index is -1.03.